The summed E-state index contributed by atoms with van der Waals surface area (Å²) in [4.78, 5) is 46.1. The average Bonchev–Trinajstić information content (AvgIpc) is 3.57. The molecule has 2 aliphatic heterocycles. The zero-order valence-electron chi connectivity index (χ0n) is 18.8. The van der Waals surface area contributed by atoms with Crippen molar-refractivity contribution in [3.63, 3.8) is 0 Å². The molecule has 0 unspecified atom stereocenters. The van der Waals surface area contributed by atoms with Crippen LogP contribution in [0.3, 0.4) is 0 Å². The Hall–Kier alpha value is -4.37. The zero-order valence-corrected chi connectivity index (χ0v) is 19.6. The maximum atomic E-state index is 13.7. The fraction of sp³-hybridized carbons (Fsp3) is 0.111. The lowest BCUT2D eigenvalue weighted by Gasteiger charge is -2.31. The van der Waals surface area contributed by atoms with Gasteiger partial charge in [0.15, 0.2) is 5.54 Å². The molecule has 1 atom stereocenters. The molecule has 2 aliphatic rings. The first kappa shape index (κ1) is 22.1. The molecule has 2 aromatic heterocycles. The van der Waals surface area contributed by atoms with E-state index in [1.165, 1.54) is 17.0 Å². The molecule has 0 aliphatic carbocycles. The van der Waals surface area contributed by atoms with Gasteiger partial charge in [-0.25, -0.2) is 9.18 Å². The number of amides is 4. The summed E-state index contributed by atoms with van der Waals surface area (Å²) in [5.41, 5.74) is 1.88. The van der Waals surface area contributed by atoms with Crippen molar-refractivity contribution in [2.24, 2.45) is 0 Å². The zero-order chi connectivity index (χ0) is 24.9. The fourth-order valence-corrected chi connectivity index (χ4v) is 5.69. The predicted octanol–water partition coefficient (Wildman–Crippen LogP) is 4.31. The number of thiophene rings is 1. The third-order valence-corrected chi connectivity index (χ3v) is 7.66. The minimum Gasteiger partial charge on any atom is -0.331 e. The van der Waals surface area contributed by atoms with Gasteiger partial charge in [-0.1, -0.05) is 36.4 Å². The molecule has 2 N–H and O–H groups in total. The maximum Gasteiger partial charge on any atom is 0.322 e. The van der Waals surface area contributed by atoms with Gasteiger partial charge in [0, 0.05) is 23.2 Å². The van der Waals surface area contributed by atoms with E-state index < -0.39 is 23.3 Å². The van der Waals surface area contributed by atoms with Gasteiger partial charge in [-0.05, 0) is 53.1 Å². The highest BCUT2D eigenvalue weighted by molar-refractivity contribution is 7.18. The smallest absolute Gasteiger partial charge is 0.322 e. The number of carbonyl (C=O) groups is 3. The lowest BCUT2D eigenvalue weighted by molar-refractivity contribution is -0.124. The van der Waals surface area contributed by atoms with Gasteiger partial charge >= 0.3 is 6.03 Å². The van der Waals surface area contributed by atoms with Crippen molar-refractivity contribution in [3.05, 3.63) is 102 Å². The first-order valence-electron chi connectivity index (χ1n) is 11.3. The van der Waals surface area contributed by atoms with Crippen molar-refractivity contribution in [3.8, 4) is 21.0 Å². The van der Waals surface area contributed by atoms with Gasteiger partial charge in [0.25, 0.3) is 11.8 Å². The Balaban J connectivity index is 1.30. The monoisotopic (exact) mass is 498 g/mol. The number of pyridine rings is 1. The van der Waals surface area contributed by atoms with Crippen LogP contribution < -0.4 is 10.6 Å². The highest BCUT2D eigenvalue weighted by Crippen LogP contribution is 2.36. The van der Waals surface area contributed by atoms with E-state index in [0.29, 0.717) is 11.1 Å². The van der Waals surface area contributed by atoms with Crippen LogP contribution in [-0.2, 0) is 16.9 Å². The third kappa shape index (κ3) is 3.64. The van der Waals surface area contributed by atoms with E-state index in [1.54, 1.807) is 35.7 Å². The van der Waals surface area contributed by atoms with Gasteiger partial charge in [-0.2, -0.15) is 0 Å². The molecule has 0 spiro atoms. The summed E-state index contributed by atoms with van der Waals surface area (Å²) in [6.45, 7) is 0.144. The summed E-state index contributed by atoms with van der Waals surface area (Å²) in [6.07, 6.45) is 1.75. The van der Waals surface area contributed by atoms with Crippen LogP contribution in [0.1, 0.15) is 21.5 Å². The van der Waals surface area contributed by atoms with Gasteiger partial charge in [0.05, 0.1) is 17.1 Å². The third-order valence-electron chi connectivity index (χ3n) is 6.51. The Morgan fingerprint density at radius 1 is 0.972 bits per heavy atom. The number of aromatic nitrogens is 1. The van der Waals surface area contributed by atoms with Gasteiger partial charge in [-0.15, -0.1) is 11.3 Å². The summed E-state index contributed by atoms with van der Waals surface area (Å²) in [5.74, 6) is -1.42. The summed E-state index contributed by atoms with van der Waals surface area (Å²) >= 11 is 1.60. The normalized spacial score (nSPS) is 18.8. The largest absolute Gasteiger partial charge is 0.331 e. The van der Waals surface area contributed by atoms with Crippen molar-refractivity contribution >= 4 is 29.2 Å². The number of carbonyl (C=O) groups excluding carboxylic acids is 3. The van der Waals surface area contributed by atoms with Crippen LogP contribution in [0.25, 0.3) is 21.0 Å². The van der Waals surface area contributed by atoms with Crippen LogP contribution in [-0.4, -0.2) is 34.3 Å². The van der Waals surface area contributed by atoms with Crippen LogP contribution in [0.5, 0.6) is 0 Å². The van der Waals surface area contributed by atoms with Crippen LogP contribution in [0.15, 0.2) is 79.0 Å². The Morgan fingerprint density at radius 2 is 1.78 bits per heavy atom. The molecule has 4 heterocycles. The molecule has 36 heavy (non-hydrogen) atoms. The Morgan fingerprint density at radius 3 is 2.50 bits per heavy atom. The second-order valence-corrected chi connectivity index (χ2v) is 9.82. The summed E-state index contributed by atoms with van der Waals surface area (Å²) in [6, 6.07) is 20.6. The van der Waals surface area contributed by atoms with Crippen LogP contribution in [0.4, 0.5) is 9.18 Å². The highest BCUT2D eigenvalue weighted by Gasteiger charge is 2.50. The van der Waals surface area contributed by atoms with Crippen molar-refractivity contribution in [2.75, 3.05) is 6.54 Å². The predicted molar refractivity (Wildman–Crippen MR) is 132 cm³/mol. The fourth-order valence-electron chi connectivity index (χ4n) is 4.70. The Bertz CT molecular complexity index is 1520. The van der Waals surface area contributed by atoms with Crippen molar-refractivity contribution in [2.45, 2.75) is 12.1 Å². The minimum absolute atomic E-state index is 0.0815. The van der Waals surface area contributed by atoms with Crippen LogP contribution >= 0.6 is 11.3 Å². The van der Waals surface area contributed by atoms with E-state index in [0.717, 1.165) is 21.0 Å². The van der Waals surface area contributed by atoms with E-state index in [9.17, 15) is 18.8 Å². The summed E-state index contributed by atoms with van der Waals surface area (Å²) in [5, 5.41) is 5.03. The van der Waals surface area contributed by atoms with Gasteiger partial charge in [0.1, 0.15) is 5.82 Å². The Kier molecular flexibility index (Phi) is 5.15. The number of urea groups is 1. The second-order valence-electron chi connectivity index (χ2n) is 8.73. The minimum atomic E-state index is -1.46. The SMILES string of the molecule is O=C1NC(=O)[C@@](CN2Cc3ccc(F)cc3C2=O)(c2ccc(-c3ccc(-c4ccccn4)s3)cc2)N1. The van der Waals surface area contributed by atoms with E-state index in [1.807, 2.05) is 42.5 Å². The number of fused-ring (bicyclic) bond motifs is 1. The number of imide groups is 1. The summed E-state index contributed by atoms with van der Waals surface area (Å²) in [7, 11) is 0. The van der Waals surface area contributed by atoms with Crippen LogP contribution in [0.2, 0.25) is 0 Å². The van der Waals surface area contributed by atoms with Gasteiger partial charge in [-0.3, -0.25) is 19.9 Å². The molecular weight excluding hydrogens is 479 g/mol. The Labute approximate surface area is 209 Å². The number of halogens is 1. The molecule has 0 radical (unpaired) electrons. The van der Waals surface area contributed by atoms with Gasteiger partial charge in [0.2, 0.25) is 0 Å². The molecule has 4 amide bonds. The molecule has 1 fully saturated rings. The summed E-state index contributed by atoms with van der Waals surface area (Å²) < 4.78 is 13.7. The second kappa shape index (κ2) is 8.39. The maximum absolute atomic E-state index is 13.7. The van der Waals surface area contributed by atoms with E-state index >= 15 is 0 Å². The molecule has 1 saturated heterocycles. The molecule has 0 bridgehead atoms. The number of benzene rings is 2. The quantitative estimate of drug-likeness (QED) is 0.401. The van der Waals surface area contributed by atoms with Gasteiger partial charge < -0.3 is 10.2 Å². The van der Waals surface area contributed by atoms with E-state index in [2.05, 4.69) is 15.6 Å². The first-order chi connectivity index (χ1) is 17.4. The molecule has 6 rings (SSSR count). The lowest BCUT2D eigenvalue weighted by Crippen LogP contribution is -2.52. The number of nitrogens with zero attached hydrogens (tertiary/aromatic N) is 2. The van der Waals surface area contributed by atoms with Crippen molar-refractivity contribution < 1.29 is 18.8 Å². The molecule has 2 aromatic carbocycles. The molecular formula is C27H19FN4O3S. The molecule has 4 aromatic rings. The topological polar surface area (TPSA) is 91.4 Å². The van der Waals surface area contributed by atoms with E-state index in [4.69, 9.17) is 0 Å². The number of hydrogen-bond donors (Lipinski definition) is 2. The number of rotatable bonds is 5. The standard InChI is InChI=1S/C27H19FN4O3S/c28-19-9-6-17-14-32(24(33)20(17)13-19)15-27(25(34)30-26(35)31-27)18-7-4-16(5-8-18)22-10-11-23(36-22)21-3-1-2-12-29-21/h1-13H,14-15H2,(H2,30,31,34,35)/t27-/m1/s1. The molecule has 178 valence electrons. The molecule has 0 saturated carbocycles. The van der Waals surface area contributed by atoms with Crippen LogP contribution in [0, 0.1) is 5.82 Å². The van der Waals surface area contributed by atoms with Crippen molar-refractivity contribution in [1.29, 1.82) is 0 Å². The molecule has 7 nitrogen and oxygen atoms in total. The lowest BCUT2D eigenvalue weighted by atomic mass is 9.88. The average molecular weight is 499 g/mol. The van der Waals surface area contributed by atoms with Crippen molar-refractivity contribution in [1.82, 2.24) is 20.5 Å². The number of nitrogens with one attached hydrogen (secondary N) is 2. The highest BCUT2D eigenvalue weighted by atomic mass is 32.1. The van der Waals surface area contributed by atoms with E-state index in [-0.39, 0.29) is 24.6 Å². The number of hydrogen-bond acceptors (Lipinski definition) is 5. The first-order valence-corrected chi connectivity index (χ1v) is 12.1. The molecule has 9 heteroatoms.